The summed E-state index contributed by atoms with van der Waals surface area (Å²) in [4.78, 5) is 0. The van der Waals surface area contributed by atoms with Crippen LogP contribution in [-0.2, 0) is 0 Å². The lowest BCUT2D eigenvalue weighted by Crippen LogP contribution is -1.97. The van der Waals surface area contributed by atoms with Gasteiger partial charge in [-0.2, -0.15) is 5.10 Å². The van der Waals surface area contributed by atoms with E-state index in [1.807, 2.05) is 18.2 Å². The Balaban J connectivity index is 2.10. The fourth-order valence-corrected chi connectivity index (χ4v) is 1.62. The minimum absolute atomic E-state index is 0.548. The lowest BCUT2D eigenvalue weighted by Gasteiger charge is -2.05. The lowest BCUT2D eigenvalue weighted by atomic mass is 10.2. The Kier molecular flexibility index (Phi) is 3.69. The third-order valence-electron chi connectivity index (χ3n) is 2.37. The van der Waals surface area contributed by atoms with Crippen molar-refractivity contribution in [3.05, 3.63) is 53.1 Å². The van der Waals surface area contributed by atoms with E-state index in [0.29, 0.717) is 22.1 Å². The van der Waals surface area contributed by atoms with E-state index in [-0.39, 0.29) is 0 Å². The Hall–Kier alpha value is -2.20. The second-order valence-electron chi connectivity index (χ2n) is 3.74. The molecule has 92 valence electrons. The van der Waals surface area contributed by atoms with Crippen LogP contribution in [0.1, 0.15) is 5.56 Å². The van der Waals surface area contributed by atoms with Crippen LogP contribution in [0.4, 0.5) is 17.1 Å². The number of nitrogen functional groups attached to an aromatic ring is 2. The first kappa shape index (κ1) is 12.3. The summed E-state index contributed by atoms with van der Waals surface area (Å²) in [6.45, 7) is 0. The summed E-state index contributed by atoms with van der Waals surface area (Å²) in [6, 6.07) is 12.6. The molecule has 5 heteroatoms. The smallest absolute Gasteiger partial charge is 0.0792 e. The van der Waals surface area contributed by atoms with Crippen molar-refractivity contribution >= 4 is 34.9 Å². The molecule has 0 spiro atoms. The van der Waals surface area contributed by atoms with Gasteiger partial charge in [0.2, 0.25) is 0 Å². The summed E-state index contributed by atoms with van der Waals surface area (Å²) < 4.78 is 0. The molecule has 2 aromatic rings. The molecule has 18 heavy (non-hydrogen) atoms. The number of halogens is 1. The van der Waals surface area contributed by atoms with Crippen LogP contribution in [0.25, 0.3) is 0 Å². The monoisotopic (exact) mass is 260 g/mol. The highest BCUT2D eigenvalue weighted by Crippen LogP contribution is 2.21. The predicted octanol–water partition coefficient (Wildman–Crippen LogP) is 2.95. The van der Waals surface area contributed by atoms with Crippen molar-refractivity contribution in [2.45, 2.75) is 0 Å². The number of nitrogens with one attached hydrogen (secondary N) is 1. The molecule has 0 aliphatic carbocycles. The van der Waals surface area contributed by atoms with Crippen LogP contribution in [0.2, 0.25) is 5.02 Å². The van der Waals surface area contributed by atoms with Gasteiger partial charge in [0, 0.05) is 16.3 Å². The highest BCUT2D eigenvalue weighted by molar-refractivity contribution is 6.33. The SMILES string of the molecule is Nc1ccc(N/N=C/c2ccccc2Cl)c(N)c1. The molecule has 0 amide bonds. The van der Waals surface area contributed by atoms with E-state index in [2.05, 4.69) is 10.5 Å². The molecule has 2 rings (SSSR count). The third kappa shape index (κ3) is 2.93. The van der Waals surface area contributed by atoms with Gasteiger partial charge >= 0.3 is 0 Å². The van der Waals surface area contributed by atoms with Crippen molar-refractivity contribution in [3.63, 3.8) is 0 Å². The molecule has 5 N–H and O–H groups in total. The average Bonchev–Trinajstić information content (AvgIpc) is 2.34. The molecule has 2 aromatic carbocycles. The number of hydrogen-bond donors (Lipinski definition) is 3. The first-order chi connectivity index (χ1) is 8.66. The minimum Gasteiger partial charge on any atom is -0.399 e. The molecule has 0 aliphatic rings. The Labute approximate surface area is 110 Å². The third-order valence-corrected chi connectivity index (χ3v) is 2.71. The van der Waals surface area contributed by atoms with Gasteiger partial charge in [0.15, 0.2) is 0 Å². The molecule has 0 fully saturated rings. The van der Waals surface area contributed by atoms with Crippen molar-refractivity contribution in [2.24, 2.45) is 5.10 Å². The molecular weight excluding hydrogens is 248 g/mol. The molecule has 0 unspecified atom stereocenters. The van der Waals surface area contributed by atoms with Crippen LogP contribution < -0.4 is 16.9 Å². The molecule has 0 saturated heterocycles. The van der Waals surface area contributed by atoms with E-state index in [1.54, 1.807) is 30.5 Å². The van der Waals surface area contributed by atoms with Gasteiger partial charge in [0.05, 0.1) is 17.6 Å². The fraction of sp³-hybridized carbons (Fsp3) is 0. The van der Waals surface area contributed by atoms with Crippen LogP contribution in [0.15, 0.2) is 47.6 Å². The van der Waals surface area contributed by atoms with Gasteiger partial charge in [-0.05, 0) is 24.3 Å². The Bertz CT molecular complexity index is 581. The van der Waals surface area contributed by atoms with Gasteiger partial charge in [-0.15, -0.1) is 0 Å². The Morgan fingerprint density at radius 1 is 1.11 bits per heavy atom. The minimum atomic E-state index is 0.548. The van der Waals surface area contributed by atoms with Gasteiger partial charge in [0.1, 0.15) is 0 Å². The summed E-state index contributed by atoms with van der Waals surface area (Å²) in [5.41, 5.74) is 16.9. The molecular formula is C13H13ClN4. The van der Waals surface area contributed by atoms with Crippen molar-refractivity contribution in [1.29, 1.82) is 0 Å². The normalized spacial score (nSPS) is 10.7. The number of benzene rings is 2. The zero-order chi connectivity index (χ0) is 13.0. The molecule has 0 aliphatic heterocycles. The number of nitrogens with two attached hydrogens (primary N) is 2. The van der Waals surface area contributed by atoms with Crippen LogP contribution in [0, 0.1) is 0 Å². The maximum absolute atomic E-state index is 6.00. The number of hydrazone groups is 1. The van der Waals surface area contributed by atoms with E-state index >= 15 is 0 Å². The number of rotatable bonds is 3. The van der Waals surface area contributed by atoms with Crippen molar-refractivity contribution in [1.82, 2.24) is 0 Å². The molecule has 0 radical (unpaired) electrons. The first-order valence-corrected chi connectivity index (χ1v) is 5.73. The van der Waals surface area contributed by atoms with Crippen LogP contribution in [-0.4, -0.2) is 6.21 Å². The topological polar surface area (TPSA) is 76.4 Å². The predicted molar refractivity (Wildman–Crippen MR) is 77.9 cm³/mol. The van der Waals surface area contributed by atoms with E-state index in [4.69, 9.17) is 23.1 Å². The van der Waals surface area contributed by atoms with E-state index in [1.165, 1.54) is 0 Å². The molecule has 0 bridgehead atoms. The number of nitrogens with zero attached hydrogens (tertiary/aromatic N) is 1. The highest BCUT2D eigenvalue weighted by atomic mass is 35.5. The van der Waals surface area contributed by atoms with Crippen LogP contribution in [0.5, 0.6) is 0 Å². The highest BCUT2D eigenvalue weighted by Gasteiger charge is 1.98. The summed E-state index contributed by atoms with van der Waals surface area (Å²) in [7, 11) is 0. The Morgan fingerprint density at radius 2 is 1.89 bits per heavy atom. The number of hydrogen-bond acceptors (Lipinski definition) is 4. The maximum atomic E-state index is 6.00. The second kappa shape index (κ2) is 5.42. The quantitative estimate of drug-likeness (QED) is 0.451. The van der Waals surface area contributed by atoms with Crippen molar-refractivity contribution in [2.75, 3.05) is 16.9 Å². The van der Waals surface area contributed by atoms with Gasteiger partial charge in [-0.25, -0.2) is 0 Å². The first-order valence-electron chi connectivity index (χ1n) is 5.35. The second-order valence-corrected chi connectivity index (χ2v) is 4.15. The van der Waals surface area contributed by atoms with Crippen molar-refractivity contribution in [3.8, 4) is 0 Å². The molecule has 0 atom stereocenters. The largest absolute Gasteiger partial charge is 0.399 e. The lowest BCUT2D eigenvalue weighted by molar-refractivity contribution is 1.35. The summed E-state index contributed by atoms with van der Waals surface area (Å²) in [6.07, 6.45) is 1.64. The van der Waals surface area contributed by atoms with E-state index in [9.17, 15) is 0 Å². The summed E-state index contributed by atoms with van der Waals surface area (Å²) in [5, 5.41) is 4.73. The summed E-state index contributed by atoms with van der Waals surface area (Å²) >= 11 is 6.00. The zero-order valence-electron chi connectivity index (χ0n) is 9.60. The fourth-order valence-electron chi connectivity index (χ4n) is 1.43. The van der Waals surface area contributed by atoms with Gasteiger partial charge in [-0.1, -0.05) is 29.8 Å². The van der Waals surface area contributed by atoms with Gasteiger partial charge in [-0.3, -0.25) is 5.43 Å². The van der Waals surface area contributed by atoms with Crippen LogP contribution >= 0.6 is 11.6 Å². The van der Waals surface area contributed by atoms with Gasteiger partial charge < -0.3 is 11.5 Å². The molecule has 0 aromatic heterocycles. The number of anilines is 3. The summed E-state index contributed by atoms with van der Waals surface area (Å²) in [5.74, 6) is 0. The van der Waals surface area contributed by atoms with Gasteiger partial charge in [0.25, 0.3) is 0 Å². The molecule has 0 saturated carbocycles. The van der Waals surface area contributed by atoms with Crippen LogP contribution in [0.3, 0.4) is 0 Å². The maximum Gasteiger partial charge on any atom is 0.0792 e. The molecule has 0 heterocycles. The van der Waals surface area contributed by atoms with Crippen molar-refractivity contribution < 1.29 is 0 Å². The van der Waals surface area contributed by atoms with E-state index in [0.717, 1.165) is 5.56 Å². The average molecular weight is 261 g/mol. The Morgan fingerprint density at radius 3 is 2.61 bits per heavy atom. The zero-order valence-corrected chi connectivity index (χ0v) is 10.4. The standard InChI is InChI=1S/C13H13ClN4/c14-11-4-2-1-3-9(11)8-17-18-13-6-5-10(15)7-12(13)16/h1-8,18H,15-16H2/b17-8+. The van der Waals surface area contributed by atoms with E-state index < -0.39 is 0 Å². The molecule has 4 nitrogen and oxygen atoms in total.